The molecule has 1 aromatic rings. The molecule has 4 nitrogen and oxygen atoms in total. The second-order valence-electron chi connectivity index (χ2n) is 4.08. The lowest BCUT2D eigenvalue weighted by molar-refractivity contribution is 0.388. The monoisotopic (exact) mass is 211 g/mol. The zero-order valence-electron chi connectivity index (χ0n) is 10.1. The molecule has 0 saturated carbocycles. The lowest BCUT2D eigenvalue weighted by Gasteiger charge is -2.06. The molecule has 0 aliphatic rings. The van der Waals surface area contributed by atoms with E-state index in [2.05, 4.69) is 43.2 Å². The van der Waals surface area contributed by atoms with Crippen LogP contribution in [0.2, 0.25) is 0 Å². The molecule has 0 spiro atoms. The first-order valence-electron chi connectivity index (χ1n) is 5.73. The van der Waals surface area contributed by atoms with E-state index in [0.717, 1.165) is 18.7 Å². The molecule has 1 N–H and O–H groups in total. The molecule has 0 aliphatic heterocycles. The average molecular weight is 211 g/mol. The van der Waals surface area contributed by atoms with E-state index < -0.39 is 0 Å². The van der Waals surface area contributed by atoms with Crippen molar-refractivity contribution in [2.45, 2.75) is 59.0 Å². The van der Waals surface area contributed by atoms with Crippen molar-refractivity contribution in [3.8, 4) is 0 Å². The average Bonchev–Trinajstić information content (AvgIpc) is 2.65. The number of nitrogens with zero attached hydrogens (tertiary/aromatic N) is 2. The predicted molar refractivity (Wildman–Crippen MR) is 59.6 cm³/mol. The maximum absolute atomic E-state index is 5.59. The molecule has 0 aromatic carbocycles. The second-order valence-corrected chi connectivity index (χ2v) is 4.08. The summed E-state index contributed by atoms with van der Waals surface area (Å²) < 4.78 is 5.59. The van der Waals surface area contributed by atoms with Crippen molar-refractivity contribution in [1.29, 1.82) is 0 Å². The van der Waals surface area contributed by atoms with Crippen molar-refractivity contribution in [2.24, 2.45) is 0 Å². The summed E-state index contributed by atoms with van der Waals surface area (Å²) in [5, 5.41) is 11.4. The molecule has 0 unspecified atom stereocenters. The van der Waals surface area contributed by atoms with E-state index in [1.54, 1.807) is 0 Å². The van der Waals surface area contributed by atoms with Gasteiger partial charge in [-0.1, -0.05) is 27.7 Å². The zero-order valence-corrected chi connectivity index (χ0v) is 10.1. The molecule has 1 aromatic heterocycles. The van der Waals surface area contributed by atoms with Crippen molar-refractivity contribution < 1.29 is 4.42 Å². The normalized spacial score (nSPS) is 11.6. The van der Waals surface area contributed by atoms with E-state index in [1.807, 2.05) is 0 Å². The third-order valence-corrected chi connectivity index (χ3v) is 2.48. The number of rotatable bonds is 6. The summed E-state index contributed by atoms with van der Waals surface area (Å²) in [7, 11) is 0. The summed E-state index contributed by atoms with van der Waals surface area (Å²) in [6, 6.07) is 0.438. The standard InChI is InChI=1S/C11H21N3O/c1-5-9(6-2)11-14-13-10(15-11)7-12-8(3)4/h8-9,12H,5-7H2,1-4H3. The molecule has 4 heteroatoms. The van der Waals surface area contributed by atoms with Gasteiger partial charge in [-0.25, -0.2) is 0 Å². The van der Waals surface area contributed by atoms with E-state index in [4.69, 9.17) is 4.42 Å². The number of nitrogens with one attached hydrogen (secondary N) is 1. The third-order valence-electron chi connectivity index (χ3n) is 2.48. The van der Waals surface area contributed by atoms with Gasteiger partial charge in [-0.05, 0) is 12.8 Å². The van der Waals surface area contributed by atoms with Crippen LogP contribution in [0.1, 0.15) is 58.2 Å². The molecule has 0 radical (unpaired) electrons. The van der Waals surface area contributed by atoms with Crippen LogP contribution in [0.5, 0.6) is 0 Å². The molecular formula is C11H21N3O. The summed E-state index contributed by atoms with van der Waals surface area (Å²) >= 11 is 0. The Kier molecular flexibility index (Phi) is 4.75. The SMILES string of the molecule is CCC(CC)c1nnc(CNC(C)C)o1. The quantitative estimate of drug-likeness (QED) is 0.785. The molecule has 0 bridgehead atoms. The van der Waals surface area contributed by atoms with Crippen molar-refractivity contribution in [2.75, 3.05) is 0 Å². The summed E-state index contributed by atoms with van der Waals surface area (Å²) in [5.74, 6) is 1.87. The molecule has 86 valence electrons. The lowest BCUT2D eigenvalue weighted by atomic mass is 10.0. The molecule has 15 heavy (non-hydrogen) atoms. The Morgan fingerprint density at radius 3 is 2.40 bits per heavy atom. The highest BCUT2D eigenvalue weighted by Crippen LogP contribution is 2.21. The molecule has 0 aliphatic carbocycles. The van der Waals surface area contributed by atoms with Crippen LogP contribution >= 0.6 is 0 Å². The van der Waals surface area contributed by atoms with Crippen molar-refractivity contribution in [3.05, 3.63) is 11.8 Å². The molecule has 1 rings (SSSR count). The van der Waals surface area contributed by atoms with Gasteiger partial charge in [0.25, 0.3) is 0 Å². The molecule has 0 amide bonds. The molecule has 0 fully saturated rings. The Balaban J connectivity index is 2.55. The molecule has 0 saturated heterocycles. The highest BCUT2D eigenvalue weighted by Gasteiger charge is 2.14. The van der Waals surface area contributed by atoms with Gasteiger partial charge in [0.05, 0.1) is 6.54 Å². The van der Waals surface area contributed by atoms with E-state index >= 15 is 0 Å². The maximum atomic E-state index is 5.59. The fraction of sp³-hybridized carbons (Fsp3) is 0.818. The third kappa shape index (κ3) is 3.63. The minimum absolute atomic E-state index is 0.408. The topological polar surface area (TPSA) is 51.0 Å². The first-order chi connectivity index (χ1) is 7.17. The van der Waals surface area contributed by atoms with Gasteiger partial charge in [-0.3, -0.25) is 0 Å². The van der Waals surface area contributed by atoms with E-state index in [9.17, 15) is 0 Å². The summed E-state index contributed by atoms with van der Waals surface area (Å²) in [6.45, 7) is 9.13. The Hall–Kier alpha value is -0.900. The smallest absolute Gasteiger partial charge is 0.230 e. The van der Waals surface area contributed by atoms with Gasteiger partial charge in [0.2, 0.25) is 11.8 Å². The van der Waals surface area contributed by atoms with Gasteiger partial charge in [0.15, 0.2) is 0 Å². The Morgan fingerprint density at radius 2 is 1.87 bits per heavy atom. The Morgan fingerprint density at radius 1 is 1.20 bits per heavy atom. The summed E-state index contributed by atoms with van der Waals surface area (Å²) in [5.41, 5.74) is 0. The van der Waals surface area contributed by atoms with Crippen LogP contribution in [-0.2, 0) is 6.54 Å². The summed E-state index contributed by atoms with van der Waals surface area (Å²) in [6.07, 6.45) is 2.10. The van der Waals surface area contributed by atoms with Gasteiger partial charge in [0, 0.05) is 12.0 Å². The lowest BCUT2D eigenvalue weighted by Crippen LogP contribution is -2.21. The van der Waals surface area contributed by atoms with E-state index in [-0.39, 0.29) is 0 Å². The molecular weight excluding hydrogens is 190 g/mol. The fourth-order valence-corrected chi connectivity index (χ4v) is 1.43. The number of hydrogen-bond donors (Lipinski definition) is 1. The van der Waals surface area contributed by atoms with Crippen molar-refractivity contribution >= 4 is 0 Å². The zero-order chi connectivity index (χ0) is 11.3. The first kappa shape index (κ1) is 12.2. The predicted octanol–water partition coefficient (Wildman–Crippen LogP) is 2.47. The highest BCUT2D eigenvalue weighted by molar-refractivity contribution is 4.90. The number of hydrogen-bond acceptors (Lipinski definition) is 4. The van der Waals surface area contributed by atoms with Gasteiger partial charge in [-0.2, -0.15) is 0 Å². The Labute approximate surface area is 91.5 Å². The van der Waals surface area contributed by atoms with Crippen LogP contribution in [-0.4, -0.2) is 16.2 Å². The van der Waals surface area contributed by atoms with Crippen LogP contribution in [0.3, 0.4) is 0 Å². The van der Waals surface area contributed by atoms with Crippen LogP contribution in [0.15, 0.2) is 4.42 Å². The summed E-state index contributed by atoms with van der Waals surface area (Å²) in [4.78, 5) is 0. The minimum atomic E-state index is 0.408. The van der Waals surface area contributed by atoms with Gasteiger partial charge in [0.1, 0.15) is 0 Å². The first-order valence-corrected chi connectivity index (χ1v) is 5.73. The highest BCUT2D eigenvalue weighted by atomic mass is 16.4. The van der Waals surface area contributed by atoms with Crippen LogP contribution in [0.4, 0.5) is 0 Å². The number of aromatic nitrogens is 2. The molecule has 1 heterocycles. The Bertz CT molecular complexity index is 279. The van der Waals surface area contributed by atoms with Crippen molar-refractivity contribution in [3.63, 3.8) is 0 Å². The van der Waals surface area contributed by atoms with Crippen molar-refractivity contribution in [1.82, 2.24) is 15.5 Å². The van der Waals surface area contributed by atoms with Crippen LogP contribution in [0.25, 0.3) is 0 Å². The van der Waals surface area contributed by atoms with E-state index in [1.165, 1.54) is 0 Å². The largest absolute Gasteiger partial charge is 0.424 e. The van der Waals surface area contributed by atoms with Gasteiger partial charge >= 0.3 is 0 Å². The van der Waals surface area contributed by atoms with Crippen LogP contribution < -0.4 is 5.32 Å². The second kappa shape index (κ2) is 5.85. The van der Waals surface area contributed by atoms with Gasteiger partial charge < -0.3 is 9.73 Å². The fourth-order valence-electron chi connectivity index (χ4n) is 1.43. The van der Waals surface area contributed by atoms with E-state index in [0.29, 0.717) is 24.4 Å². The molecule has 0 atom stereocenters. The minimum Gasteiger partial charge on any atom is -0.424 e. The van der Waals surface area contributed by atoms with Crippen LogP contribution in [0, 0.1) is 0 Å². The van der Waals surface area contributed by atoms with Gasteiger partial charge in [-0.15, -0.1) is 10.2 Å². The maximum Gasteiger partial charge on any atom is 0.230 e.